The molecule has 7 heteroatoms. The second kappa shape index (κ2) is 7.01. The molecule has 0 saturated carbocycles. The first-order chi connectivity index (χ1) is 8.95. The van der Waals surface area contributed by atoms with Gasteiger partial charge in [-0.15, -0.1) is 0 Å². The first kappa shape index (κ1) is 15.3. The van der Waals surface area contributed by atoms with Gasteiger partial charge in [-0.05, 0) is 36.0 Å². The highest BCUT2D eigenvalue weighted by atomic mass is 32.2. The molecule has 0 amide bonds. The summed E-state index contributed by atoms with van der Waals surface area (Å²) in [4.78, 5) is 0.330. The molecule has 102 valence electrons. The molecule has 1 rings (SSSR count). The van der Waals surface area contributed by atoms with Crippen LogP contribution in [0.2, 0.25) is 0 Å². The van der Waals surface area contributed by atoms with E-state index in [1.165, 1.54) is 6.21 Å². The summed E-state index contributed by atoms with van der Waals surface area (Å²) in [5.41, 5.74) is 8.47. The average molecular weight is 297 g/mol. The fourth-order valence-electron chi connectivity index (χ4n) is 1.25. The lowest BCUT2D eigenvalue weighted by Crippen LogP contribution is -2.23. The van der Waals surface area contributed by atoms with E-state index in [1.54, 1.807) is 43.3 Å². The molecule has 0 aromatic heterocycles. The van der Waals surface area contributed by atoms with E-state index in [2.05, 4.69) is 22.7 Å². The molecule has 0 bridgehead atoms. The van der Waals surface area contributed by atoms with Crippen LogP contribution in [0.3, 0.4) is 0 Å². The summed E-state index contributed by atoms with van der Waals surface area (Å²) in [6.45, 7) is 1.62. The lowest BCUT2D eigenvalue weighted by molar-refractivity contribution is 0.597. The number of nitrogens with two attached hydrogens (primary N) is 1. The van der Waals surface area contributed by atoms with Gasteiger partial charge in [0.2, 0.25) is 0 Å². The molecular formula is C12H15N3O2S2. The Bertz CT molecular complexity index is 590. The number of hydrogen-bond acceptors (Lipinski definition) is 4. The summed E-state index contributed by atoms with van der Waals surface area (Å²) < 4.78 is 23.2. The summed E-state index contributed by atoms with van der Waals surface area (Å²) >= 11 is 4.57. The van der Waals surface area contributed by atoms with E-state index in [-0.39, 0.29) is 10.9 Å². The van der Waals surface area contributed by atoms with Crippen molar-refractivity contribution >= 4 is 39.5 Å². The van der Waals surface area contributed by atoms with E-state index in [1.807, 2.05) is 0 Å². The zero-order chi connectivity index (χ0) is 14.3. The van der Waals surface area contributed by atoms with Gasteiger partial charge in [0.15, 0.2) is 14.9 Å². The van der Waals surface area contributed by atoms with E-state index in [0.29, 0.717) is 4.90 Å². The highest BCUT2D eigenvalue weighted by molar-refractivity contribution is 7.91. The lowest BCUT2D eigenvalue weighted by atomic mass is 10.2. The van der Waals surface area contributed by atoms with Crippen molar-refractivity contribution in [2.45, 2.75) is 11.8 Å². The standard InChI is InChI=1S/C12H15N3O2S2/c1-2-19(16,17)11-7-5-10(6-8-11)4-3-9-14-15-12(13)18/h3-9H,2H2,1H3,(H3,13,15,18)/b4-3+,14-9+. The van der Waals surface area contributed by atoms with Gasteiger partial charge in [-0.1, -0.05) is 25.1 Å². The van der Waals surface area contributed by atoms with Crippen LogP contribution >= 0.6 is 12.2 Å². The smallest absolute Gasteiger partial charge is 0.184 e. The number of sulfone groups is 1. The summed E-state index contributed by atoms with van der Waals surface area (Å²) in [5, 5.41) is 3.83. The molecule has 0 atom stereocenters. The number of thiocarbonyl (C=S) groups is 1. The number of hydrogen-bond donors (Lipinski definition) is 2. The van der Waals surface area contributed by atoms with Gasteiger partial charge in [0.05, 0.1) is 10.6 Å². The predicted molar refractivity (Wildman–Crippen MR) is 81.6 cm³/mol. The van der Waals surface area contributed by atoms with Gasteiger partial charge < -0.3 is 5.73 Å². The van der Waals surface area contributed by atoms with Crippen molar-refractivity contribution in [2.24, 2.45) is 10.8 Å². The highest BCUT2D eigenvalue weighted by Crippen LogP contribution is 2.12. The van der Waals surface area contributed by atoms with E-state index in [0.717, 1.165) is 5.56 Å². The first-order valence-corrected chi connectivity index (χ1v) is 7.60. The minimum atomic E-state index is -3.14. The van der Waals surface area contributed by atoms with Crippen LogP contribution in [-0.4, -0.2) is 25.5 Å². The molecule has 0 radical (unpaired) electrons. The molecular weight excluding hydrogens is 282 g/mol. The summed E-state index contributed by atoms with van der Waals surface area (Å²) in [6.07, 6.45) is 4.97. The van der Waals surface area contributed by atoms with Gasteiger partial charge in [0.1, 0.15) is 0 Å². The van der Waals surface area contributed by atoms with E-state index >= 15 is 0 Å². The minimum Gasteiger partial charge on any atom is -0.375 e. The second-order valence-corrected chi connectivity index (χ2v) is 6.30. The Hall–Kier alpha value is -1.73. The number of allylic oxidation sites excluding steroid dienone is 1. The molecule has 3 N–H and O–H groups in total. The van der Waals surface area contributed by atoms with Crippen LogP contribution in [0.4, 0.5) is 0 Å². The Morgan fingerprint density at radius 2 is 2.05 bits per heavy atom. The van der Waals surface area contributed by atoms with Gasteiger partial charge in [0.25, 0.3) is 0 Å². The normalized spacial score (nSPS) is 12.1. The molecule has 1 aromatic carbocycles. The maximum atomic E-state index is 11.6. The molecule has 0 saturated heterocycles. The maximum Gasteiger partial charge on any atom is 0.184 e. The SMILES string of the molecule is CCS(=O)(=O)c1ccc(/C=C/C=N/NC(N)=S)cc1. The van der Waals surface area contributed by atoms with Crippen molar-refractivity contribution in [3.8, 4) is 0 Å². The summed E-state index contributed by atoms with van der Waals surface area (Å²) in [5.74, 6) is 0.0967. The monoisotopic (exact) mass is 297 g/mol. The van der Waals surface area contributed by atoms with Crippen LogP contribution in [0.25, 0.3) is 6.08 Å². The number of nitrogens with one attached hydrogen (secondary N) is 1. The van der Waals surface area contributed by atoms with Gasteiger partial charge >= 0.3 is 0 Å². The van der Waals surface area contributed by atoms with Crippen molar-refractivity contribution in [3.05, 3.63) is 35.9 Å². The van der Waals surface area contributed by atoms with Crippen LogP contribution in [0, 0.1) is 0 Å². The fraction of sp³-hybridized carbons (Fsp3) is 0.167. The van der Waals surface area contributed by atoms with Gasteiger partial charge in [-0.2, -0.15) is 5.10 Å². The third kappa shape index (κ3) is 5.19. The third-order valence-electron chi connectivity index (χ3n) is 2.24. The van der Waals surface area contributed by atoms with Crippen molar-refractivity contribution in [2.75, 3.05) is 5.75 Å². The summed E-state index contributed by atoms with van der Waals surface area (Å²) in [6, 6.07) is 6.63. The zero-order valence-corrected chi connectivity index (χ0v) is 12.0. The van der Waals surface area contributed by atoms with E-state index < -0.39 is 9.84 Å². The number of rotatable bonds is 5. The van der Waals surface area contributed by atoms with Crippen LogP contribution in [0.1, 0.15) is 12.5 Å². The van der Waals surface area contributed by atoms with Crippen LogP contribution in [0.15, 0.2) is 40.3 Å². The van der Waals surface area contributed by atoms with Crippen molar-refractivity contribution in [1.82, 2.24) is 5.43 Å². The highest BCUT2D eigenvalue weighted by Gasteiger charge is 2.09. The topological polar surface area (TPSA) is 84.5 Å². The largest absolute Gasteiger partial charge is 0.375 e. The van der Waals surface area contributed by atoms with Crippen LogP contribution in [-0.2, 0) is 9.84 Å². The molecule has 0 fully saturated rings. The van der Waals surface area contributed by atoms with Gasteiger partial charge in [-0.3, -0.25) is 5.43 Å². The predicted octanol–water partition coefficient (Wildman–Crippen LogP) is 1.31. The van der Waals surface area contributed by atoms with Gasteiger partial charge in [0, 0.05) is 6.21 Å². The van der Waals surface area contributed by atoms with E-state index in [4.69, 9.17) is 5.73 Å². The zero-order valence-electron chi connectivity index (χ0n) is 10.4. The molecule has 0 spiro atoms. The molecule has 1 aromatic rings. The fourth-order valence-corrected chi connectivity index (χ4v) is 2.19. The second-order valence-electron chi connectivity index (χ2n) is 3.59. The Kier molecular flexibility index (Phi) is 5.65. The number of benzene rings is 1. The maximum absolute atomic E-state index is 11.6. The van der Waals surface area contributed by atoms with Crippen molar-refractivity contribution in [1.29, 1.82) is 0 Å². The Morgan fingerprint density at radius 1 is 1.42 bits per heavy atom. The minimum absolute atomic E-state index is 0.0961. The van der Waals surface area contributed by atoms with Crippen LogP contribution < -0.4 is 11.2 Å². The molecule has 19 heavy (non-hydrogen) atoms. The molecule has 0 heterocycles. The Morgan fingerprint density at radius 3 is 2.58 bits per heavy atom. The van der Waals surface area contributed by atoms with Crippen molar-refractivity contribution in [3.63, 3.8) is 0 Å². The molecule has 0 aliphatic carbocycles. The molecule has 0 unspecified atom stereocenters. The quantitative estimate of drug-likeness (QED) is 0.486. The lowest BCUT2D eigenvalue weighted by Gasteiger charge is -2.01. The molecule has 0 aliphatic rings. The van der Waals surface area contributed by atoms with E-state index in [9.17, 15) is 8.42 Å². The molecule has 5 nitrogen and oxygen atoms in total. The Balaban J connectivity index is 2.70. The third-order valence-corrected chi connectivity index (χ3v) is 4.09. The molecule has 0 aliphatic heterocycles. The average Bonchev–Trinajstić information content (AvgIpc) is 2.38. The number of hydrazone groups is 1. The Labute approximate surface area is 118 Å². The van der Waals surface area contributed by atoms with Crippen LogP contribution in [0.5, 0.6) is 0 Å². The number of nitrogens with zero attached hydrogens (tertiary/aromatic N) is 1. The van der Waals surface area contributed by atoms with Gasteiger partial charge in [-0.25, -0.2) is 8.42 Å². The summed E-state index contributed by atoms with van der Waals surface area (Å²) in [7, 11) is -3.14. The van der Waals surface area contributed by atoms with Crippen molar-refractivity contribution < 1.29 is 8.42 Å². The first-order valence-electron chi connectivity index (χ1n) is 5.53.